The molecule has 6 nitrogen and oxygen atoms in total. The molecule has 0 fully saturated rings. The molecular formula is C19H20BrFN2O4. The molecule has 1 heterocycles. The Morgan fingerprint density at radius 3 is 2.48 bits per heavy atom. The molecule has 2 aromatic rings. The number of ether oxygens (including phenoxy) is 2. The number of halogens is 2. The molecule has 2 aromatic carbocycles. The Bertz CT molecular complexity index is 831. The Kier molecular flexibility index (Phi) is 5.86. The van der Waals surface area contributed by atoms with Crippen LogP contribution in [0.5, 0.6) is 11.5 Å². The highest BCUT2D eigenvalue weighted by molar-refractivity contribution is 9.10. The molecule has 1 aliphatic rings. The van der Waals surface area contributed by atoms with Gasteiger partial charge in [-0.25, -0.2) is 9.18 Å². The normalized spacial score (nSPS) is 15.0. The number of fused-ring (bicyclic) bond motifs is 1. The number of anilines is 1. The fourth-order valence-electron chi connectivity index (χ4n) is 2.78. The highest BCUT2D eigenvalue weighted by Gasteiger charge is 2.27. The Hall–Kier alpha value is -2.32. The molecule has 3 N–H and O–H groups in total. The van der Waals surface area contributed by atoms with Gasteiger partial charge >= 0.3 is 6.03 Å². The van der Waals surface area contributed by atoms with Gasteiger partial charge in [0.25, 0.3) is 0 Å². The van der Waals surface area contributed by atoms with E-state index in [4.69, 9.17) is 9.47 Å². The third kappa shape index (κ3) is 4.90. The van der Waals surface area contributed by atoms with Crippen molar-refractivity contribution in [3.8, 4) is 11.5 Å². The first-order chi connectivity index (χ1) is 12.9. The largest absolute Gasteiger partial charge is 0.486 e. The van der Waals surface area contributed by atoms with Crippen molar-refractivity contribution >= 4 is 27.6 Å². The molecule has 0 saturated heterocycles. The topological polar surface area (TPSA) is 79.8 Å². The number of hydrogen-bond acceptors (Lipinski definition) is 4. The minimum atomic E-state index is -0.914. The molecule has 0 radical (unpaired) electrons. The first-order valence-electron chi connectivity index (χ1n) is 8.42. The quantitative estimate of drug-likeness (QED) is 0.667. The summed E-state index contributed by atoms with van der Waals surface area (Å²) in [5.74, 6) is 0.824. The van der Waals surface area contributed by atoms with Crippen molar-refractivity contribution in [3.05, 3.63) is 52.3 Å². The van der Waals surface area contributed by atoms with Crippen molar-refractivity contribution in [2.45, 2.75) is 18.9 Å². The van der Waals surface area contributed by atoms with Crippen LogP contribution in [0.3, 0.4) is 0 Å². The molecule has 1 atom stereocenters. The van der Waals surface area contributed by atoms with Gasteiger partial charge in [0.15, 0.2) is 11.5 Å². The molecule has 0 aliphatic carbocycles. The lowest BCUT2D eigenvalue weighted by molar-refractivity contribution is 0.171. The van der Waals surface area contributed by atoms with E-state index in [1.807, 2.05) is 0 Å². The monoisotopic (exact) mass is 438 g/mol. The van der Waals surface area contributed by atoms with E-state index in [1.54, 1.807) is 31.2 Å². The molecule has 3 rings (SSSR count). The SMILES string of the molecule is CC(CO)(Cc1ccc(F)cc1)NC(=O)Nc1cc2c(cc1Br)OCCO2. The predicted octanol–water partition coefficient (Wildman–Crippen LogP) is 3.47. The summed E-state index contributed by atoms with van der Waals surface area (Å²) < 4.78 is 24.7. The summed E-state index contributed by atoms with van der Waals surface area (Å²) >= 11 is 3.40. The van der Waals surface area contributed by atoms with Crippen LogP contribution in [-0.4, -0.2) is 36.5 Å². The van der Waals surface area contributed by atoms with Crippen molar-refractivity contribution in [2.24, 2.45) is 0 Å². The number of hydrogen-bond donors (Lipinski definition) is 3. The Balaban J connectivity index is 1.69. The lowest BCUT2D eigenvalue weighted by Crippen LogP contribution is -2.52. The van der Waals surface area contributed by atoms with Gasteiger partial charge in [-0.15, -0.1) is 0 Å². The van der Waals surface area contributed by atoms with Gasteiger partial charge in [0, 0.05) is 16.6 Å². The van der Waals surface area contributed by atoms with E-state index in [9.17, 15) is 14.3 Å². The molecule has 0 bridgehead atoms. The average Bonchev–Trinajstić information content (AvgIpc) is 2.64. The van der Waals surface area contributed by atoms with Crippen LogP contribution >= 0.6 is 15.9 Å². The van der Waals surface area contributed by atoms with Gasteiger partial charge in [-0.3, -0.25) is 0 Å². The average molecular weight is 439 g/mol. The smallest absolute Gasteiger partial charge is 0.319 e. The van der Waals surface area contributed by atoms with Gasteiger partial charge < -0.3 is 25.2 Å². The summed E-state index contributed by atoms with van der Waals surface area (Å²) in [4.78, 5) is 12.5. The van der Waals surface area contributed by atoms with Gasteiger partial charge in [0.1, 0.15) is 19.0 Å². The third-order valence-corrected chi connectivity index (χ3v) is 4.81. The molecule has 144 valence electrons. The maximum absolute atomic E-state index is 13.1. The Labute approximate surface area is 164 Å². The van der Waals surface area contributed by atoms with Gasteiger partial charge in [-0.05, 0) is 47.0 Å². The zero-order chi connectivity index (χ0) is 19.4. The highest BCUT2D eigenvalue weighted by Crippen LogP contribution is 2.38. The number of rotatable bonds is 5. The van der Waals surface area contributed by atoms with Crippen molar-refractivity contribution in [1.82, 2.24) is 5.32 Å². The number of amides is 2. The zero-order valence-corrected chi connectivity index (χ0v) is 16.3. The maximum Gasteiger partial charge on any atom is 0.319 e. The lowest BCUT2D eigenvalue weighted by Gasteiger charge is -2.29. The van der Waals surface area contributed by atoms with Crippen molar-refractivity contribution in [1.29, 1.82) is 0 Å². The molecule has 1 aliphatic heterocycles. The third-order valence-electron chi connectivity index (χ3n) is 4.15. The minimum absolute atomic E-state index is 0.278. The second-order valence-electron chi connectivity index (χ2n) is 6.58. The number of carbonyl (C=O) groups excluding carboxylic acids is 1. The summed E-state index contributed by atoms with van der Waals surface area (Å²) in [5.41, 5.74) is 0.398. The first-order valence-corrected chi connectivity index (χ1v) is 9.21. The molecule has 0 saturated carbocycles. The van der Waals surface area contributed by atoms with Gasteiger partial charge in [-0.2, -0.15) is 0 Å². The molecule has 0 aromatic heterocycles. The number of nitrogens with one attached hydrogen (secondary N) is 2. The number of urea groups is 1. The highest BCUT2D eigenvalue weighted by atomic mass is 79.9. The van der Waals surface area contributed by atoms with Crippen LogP contribution in [-0.2, 0) is 6.42 Å². The second kappa shape index (κ2) is 8.14. The van der Waals surface area contributed by atoms with Crippen LogP contribution in [0.1, 0.15) is 12.5 Å². The first kappa shape index (κ1) is 19.4. The Morgan fingerprint density at radius 1 is 1.22 bits per heavy atom. The molecule has 27 heavy (non-hydrogen) atoms. The summed E-state index contributed by atoms with van der Waals surface area (Å²) in [6.07, 6.45) is 0.347. The van der Waals surface area contributed by atoms with E-state index in [0.717, 1.165) is 5.56 Å². The summed E-state index contributed by atoms with van der Waals surface area (Å²) in [7, 11) is 0. The molecular weight excluding hydrogens is 419 g/mol. The predicted molar refractivity (Wildman–Crippen MR) is 103 cm³/mol. The van der Waals surface area contributed by atoms with E-state index in [0.29, 0.717) is 41.3 Å². The van der Waals surface area contributed by atoms with Gasteiger partial charge in [0.2, 0.25) is 0 Å². The number of aliphatic hydroxyl groups excluding tert-OH is 1. The van der Waals surface area contributed by atoms with E-state index in [1.165, 1.54) is 12.1 Å². The summed E-state index contributed by atoms with van der Waals surface area (Å²) in [6.45, 7) is 2.36. The molecule has 2 amide bonds. The van der Waals surface area contributed by atoms with E-state index in [-0.39, 0.29) is 12.4 Å². The van der Waals surface area contributed by atoms with E-state index in [2.05, 4.69) is 26.6 Å². The number of carbonyl (C=O) groups is 1. The van der Waals surface area contributed by atoms with Crippen LogP contribution in [0.4, 0.5) is 14.9 Å². The van der Waals surface area contributed by atoms with E-state index >= 15 is 0 Å². The van der Waals surface area contributed by atoms with Crippen LogP contribution < -0.4 is 20.1 Å². The fraction of sp³-hybridized carbons (Fsp3) is 0.316. The summed E-state index contributed by atoms with van der Waals surface area (Å²) in [5, 5.41) is 15.3. The van der Waals surface area contributed by atoms with Crippen molar-refractivity contribution in [2.75, 3.05) is 25.1 Å². The number of benzene rings is 2. The van der Waals surface area contributed by atoms with Crippen LogP contribution in [0.2, 0.25) is 0 Å². The lowest BCUT2D eigenvalue weighted by atomic mass is 9.94. The molecule has 0 spiro atoms. The van der Waals surface area contributed by atoms with E-state index < -0.39 is 11.6 Å². The Morgan fingerprint density at radius 2 is 1.85 bits per heavy atom. The van der Waals surface area contributed by atoms with Crippen LogP contribution in [0, 0.1) is 5.82 Å². The molecule has 1 unspecified atom stereocenters. The van der Waals surface area contributed by atoms with Crippen molar-refractivity contribution in [3.63, 3.8) is 0 Å². The zero-order valence-electron chi connectivity index (χ0n) is 14.7. The second-order valence-corrected chi connectivity index (χ2v) is 7.43. The number of aliphatic hydroxyl groups is 1. The summed E-state index contributed by atoms with van der Waals surface area (Å²) in [6, 6.07) is 8.87. The standard InChI is InChI=1S/C19H20BrFN2O4/c1-19(11-24,10-12-2-4-13(21)5-3-12)23-18(25)22-15-9-17-16(8-14(15)20)26-6-7-27-17/h2-5,8-9,24H,6-7,10-11H2,1H3,(H2,22,23,25). The van der Waals surface area contributed by atoms with Crippen molar-refractivity contribution < 1.29 is 23.8 Å². The maximum atomic E-state index is 13.1. The molecule has 8 heteroatoms. The minimum Gasteiger partial charge on any atom is -0.486 e. The van der Waals surface area contributed by atoms with Crippen LogP contribution in [0.15, 0.2) is 40.9 Å². The van der Waals surface area contributed by atoms with Gasteiger partial charge in [-0.1, -0.05) is 12.1 Å². The van der Waals surface area contributed by atoms with Crippen LogP contribution in [0.25, 0.3) is 0 Å². The fourth-order valence-corrected chi connectivity index (χ4v) is 3.20. The van der Waals surface area contributed by atoms with Gasteiger partial charge in [0.05, 0.1) is 17.8 Å².